The Labute approximate surface area is 165 Å². The van der Waals surface area contributed by atoms with Gasteiger partial charge in [0.2, 0.25) is 5.91 Å². The summed E-state index contributed by atoms with van der Waals surface area (Å²) in [7, 11) is 0. The highest BCUT2D eigenvalue weighted by Gasteiger charge is 2.14. The van der Waals surface area contributed by atoms with Gasteiger partial charge in [-0.05, 0) is 68.2 Å². The van der Waals surface area contributed by atoms with Gasteiger partial charge < -0.3 is 5.32 Å². The number of amides is 1. The molecule has 0 saturated carbocycles. The molecule has 2 aromatic rings. The van der Waals surface area contributed by atoms with E-state index >= 15 is 0 Å². The Bertz CT molecular complexity index is 712. The number of nitrogens with one attached hydrogen (secondary N) is 1. The van der Waals surface area contributed by atoms with Gasteiger partial charge in [0, 0.05) is 23.0 Å². The molecule has 1 saturated heterocycles. The van der Waals surface area contributed by atoms with E-state index in [-0.39, 0.29) is 11.2 Å². The summed E-state index contributed by atoms with van der Waals surface area (Å²) in [4.78, 5) is 15.9. The molecule has 3 nitrogen and oxygen atoms in total. The Morgan fingerprint density at radius 1 is 1.08 bits per heavy atom. The standard InChI is InChI=1S/C21H25ClN2OS/c1-16(26-20-10-8-19(22)9-11-20)21(25)23-14-17-4-6-18(7-5-17)15-24-12-2-3-13-24/h4-11,16H,2-3,12-15H2,1H3,(H,23,25)/t16-/m0/s1. The molecule has 0 aromatic heterocycles. The molecule has 1 aliphatic rings. The number of carbonyl (C=O) groups is 1. The lowest BCUT2D eigenvalue weighted by Crippen LogP contribution is -2.30. The van der Waals surface area contributed by atoms with E-state index in [9.17, 15) is 4.79 Å². The Morgan fingerprint density at radius 2 is 1.69 bits per heavy atom. The van der Waals surface area contributed by atoms with Crippen LogP contribution in [0.25, 0.3) is 0 Å². The van der Waals surface area contributed by atoms with Crippen molar-refractivity contribution in [3.05, 3.63) is 64.7 Å². The fourth-order valence-corrected chi connectivity index (χ4v) is 4.08. The van der Waals surface area contributed by atoms with Gasteiger partial charge in [0.15, 0.2) is 0 Å². The van der Waals surface area contributed by atoms with E-state index in [1.807, 2.05) is 31.2 Å². The zero-order valence-corrected chi connectivity index (χ0v) is 16.7. The molecule has 1 aliphatic heterocycles. The summed E-state index contributed by atoms with van der Waals surface area (Å²) in [6.45, 7) is 5.94. The summed E-state index contributed by atoms with van der Waals surface area (Å²) in [6, 6.07) is 16.1. The molecule has 0 spiro atoms. The average Bonchev–Trinajstić information content (AvgIpc) is 3.16. The zero-order chi connectivity index (χ0) is 18.4. The van der Waals surface area contributed by atoms with E-state index in [0.717, 1.165) is 17.0 Å². The van der Waals surface area contributed by atoms with Gasteiger partial charge in [-0.3, -0.25) is 9.69 Å². The number of halogens is 1. The molecule has 1 fully saturated rings. The highest BCUT2D eigenvalue weighted by molar-refractivity contribution is 8.00. The first-order valence-electron chi connectivity index (χ1n) is 9.10. The second kappa shape index (κ2) is 9.45. The predicted molar refractivity (Wildman–Crippen MR) is 110 cm³/mol. The van der Waals surface area contributed by atoms with Crippen molar-refractivity contribution in [2.24, 2.45) is 0 Å². The highest BCUT2D eigenvalue weighted by atomic mass is 35.5. The summed E-state index contributed by atoms with van der Waals surface area (Å²) < 4.78 is 0. The molecule has 1 atom stereocenters. The van der Waals surface area contributed by atoms with Crippen molar-refractivity contribution < 1.29 is 4.79 Å². The minimum absolute atomic E-state index is 0.0473. The molecule has 3 rings (SSSR count). The van der Waals surface area contributed by atoms with Crippen molar-refractivity contribution in [3.8, 4) is 0 Å². The van der Waals surface area contributed by atoms with Crippen LogP contribution < -0.4 is 5.32 Å². The lowest BCUT2D eigenvalue weighted by Gasteiger charge is -2.15. The second-order valence-electron chi connectivity index (χ2n) is 6.73. The summed E-state index contributed by atoms with van der Waals surface area (Å²) in [5.41, 5.74) is 2.47. The number of rotatable bonds is 7. The van der Waals surface area contributed by atoms with Gasteiger partial charge in [0.05, 0.1) is 5.25 Å². The third-order valence-corrected chi connectivity index (χ3v) is 5.95. The van der Waals surface area contributed by atoms with Crippen LogP contribution in [0.2, 0.25) is 5.02 Å². The summed E-state index contributed by atoms with van der Waals surface area (Å²) in [6.07, 6.45) is 2.63. The zero-order valence-electron chi connectivity index (χ0n) is 15.1. The van der Waals surface area contributed by atoms with Crippen LogP contribution in [0.1, 0.15) is 30.9 Å². The maximum atomic E-state index is 12.3. The second-order valence-corrected chi connectivity index (χ2v) is 8.58. The van der Waals surface area contributed by atoms with Crippen LogP contribution in [0.15, 0.2) is 53.4 Å². The lowest BCUT2D eigenvalue weighted by atomic mass is 10.1. The summed E-state index contributed by atoms with van der Waals surface area (Å²) in [5.74, 6) is 0.0473. The maximum Gasteiger partial charge on any atom is 0.233 e. The summed E-state index contributed by atoms with van der Waals surface area (Å²) >= 11 is 7.44. The van der Waals surface area contributed by atoms with Crippen molar-refractivity contribution in [2.45, 2.75) is 43.0 Å². The third kappa shape index (κ3) is 5.76. The van der Waals surface area contributed by atoms with Gasteiger partial charge in [0.1, 0.15) is 0 Å². The first-order chi connectivity index (χ1) is 12.6. The van der Waals surface area contributed by atoms with E-state index in [1.54, 1.807) is 0 Å². The third-order valence-electron chi connectivity index (χ3n) is 4.59. The number of thioether (sulfide) groups is 1. The number of hydrogen-bond donors (Lipinski definition) is 1. The molecule has 0 unspecified atom stereocenters. The minimum atomic E-state index is -0.148. The number of nitrogens with zero attached hydrogens (tertiary/aromatic N) is 1. The highest BCUT2D eigenvalue weighted by Crippen LogP contribution is 2.24. The van der Waals surface area contributed by atoms with Crippen LogP contribution in [0, 0.1) is 0 Å². The van der Waals surface area contributed by atoms with Crippen LogP contribution in [-0.2, 0) is 17.9 Å². The SMILES string of the molecule is C[C@H](Sc1ccc(Cl)cc1)C(=O)NCc1ccc(CN2CCCC2)cc1. The van der Waals surface area contributed by atoms with Gasteiger partial charge in [-0.15, -0.1) is 11.8 Å². The van der Waals surface area contributed by atoms with Crippen LogP contribution in [0.3, 0.4) is 0 Å². The average molecular weight is 389 g/mol. The van der Waals surface area contributed by atoms with Crippen molar-refractivity contribution in [3.63, 3.8) is 0 Å². The Balaban J connectivity index is 1.45. The Hall–Kier alpha value is -1.49. The first-order valence-corrected chi connectivity index (χ1v) is 10.4. The molecule has 0 bridgehead atoms. The molecule has 1 heterocycles. The molecule has 1 amide bonds. The van der Waals surface area contributed by atoms with Crippen LogP contribution in [0.5, 0.6) is 0 Å². The Morgan fingerprint density at radius 3 is 2.35 bits per heavy atom. The fourth-order valence-electron chi connectivity index (χ4n) is 3.07. The van der Waals surface area contributed by atoms with E-state index in [1.165, 1.54) is 43.3 Å². The molecule has 2 aromatic carbocycles. The van der Waals surface area contributed by atoms with E-state index < -0.39 is 0 Å². The quantitative estimate of drug-likeness (QED) is 0.695. The molecule has 138 valence electrons. The van der Waals surface area contributed by atoms with Gasteiger partial charge in [0.25, 0.3) is 0 Å². The van der Waals surface area contributed by atoms with Crippen molar-refractivity contribution in [1.29, 1.82) is 0 Å². The molecular weight excluding hydrogens is 364 g/mol. The van der Waals surface area contributed by atoms with Crippen molar-refractivity contribution >= 4 is 29.3 Å². The van der Waals surface area contributed by atoms with Crippen molar-refractivity contribution in [1.82, 2.24) is 10.2 Å². The number of carbonyl (C=O) groups excluding carboxylic acids is 1. The smallest absolute Gasteiger partial charge is 0.233 e. The molecule has 1 N–H and O–H groups in total. The fraction of sp³-hybridized carbons (Fsp3) is 0.381. The monoisotopic (exact) mass is 388 g/mol. The van der Waals surface area contributed by atoms with Gasteiger partial charge >= 0.3 is 0 Å². The van der Waals surface area contributed by atoms with Crippen molar-refractivity contribution in [2.75, 3.05) is 13.1 Å². The van der Waals surface area contributed by atoms with Gasteiger partial charge in [-0.2, -0.15) is 0 Å². The first kappa shape index (κ1) is 19.3. The van der Waals surface area contributed by atoms with Crippen LogP contribution in [0.4, 0.5) is 0 Å². The molecular formula is C21H25ClN2OS. The minimum Gasteiger partial charge on any atom is -0.351 e. The molecule has 0 radical (unpaired) electrons. The lowest BCUT2D eigenvalue weighted by molar-refractivity contribution is -0.120. The molecule has 26 heavy (non-hydrogen) atoms. The Kier molecular flexibility index (Phi) is 7.00. The van der Waals surface area contributed by atoms with Gasteiger partial charge in [-0.25, -0.2) is 0 Å². The largest absolute Gasteiger partial charge is 0.351 e. The van der Waals surface area contributed by atoms with E-state index in [0.29, 0.717) is 11.6 Å². The normalized spacial score (nSPS) is 15.8. The van der Waals surface area contributed by atoms with Gasteiger partial charge in [-0.1, -0.05) is 35.9 Å². The van der Waals surface area contributed by atoms with E-state index in [4.69, 9.17) is 11.6 Å². The van der Waals surface area contributed by atoms with E-state index in [2.05, 4.69) is 34.5 Å². The molecule has 0 aliphatic carbocycles. The predicted octanol–water partition coefficient (Wildman–Crippen LogP) is 4.73. The molecule has 5 heteroatoms. The topological polar surface area (TPSA) is 32.3 Å². The van der Waals surface area contributed by atoms with Crippen LogP contribution in [-0.4, -0.2) is 29.1 Å². The maximum absolute atomic E-state index is 12.3. The summed E-state index contributed by atoms with van der Waals surface area (Å²) in [5, 5.41) is 3.59. The van der Waals surface area contributed by atoms with Crippen LogP contribution >= 0.6 is 23.4 Å². The number of benzene rings is 2. The number of likely N-dealkylation sites (tertiary alicyclic amines) is 1. The number of hydrogen-bond acceptors (Lipinski definition) is 3.